The molecule has 0 saturated carbocycles. The maximum Gasteiger partial charge on any atom is 0.269 e. The predicted molar refractivity (Wildman–Crippen MR) is 48.2 cm³/mol. The van der Waals surface area contributed by atoms with E-state index in [4.69, 9.17) is 4.74 Å². The normalized spacial score (nSPS) is 10.6. The average molecular weight is 252 g/mol. The summed E-state index contributed by atoms with van der Waals surface area (Å²) in [6.07, 6.45) is -2.56. The van der Waals surface area contributed by atoms with Gasteiger partial charge in [-0.3, -0.25) is 0 Å². The van der Waals surface area contributed by atoms with Gasteiger partial charge in [0.25, 0.3) is 6.43 Å². The van der Waals surface area contributed by atoms with Gasteiger partial charge in [-0.15, -0.1) is 0 Å². The first kappa shape index (κ1) is 10.4. The smallest absolute Gasteiger partial charge is 0.269 e. The molecule has 0 fully saturated rings. The van der Waals surface area contributed by atoms with Gasteiger partial charge in [-0.2, -0.15) is 0 Å². The second-order valence-corrected chi connectivity index (χ2v) is 3.25. The number of hydrogen-bond donors (Lipinski definition) is 0. The molecule has 0 aliphatic rings. The van der Waals surface area contributed by atoms with Crippen molar-refractivity contribution >= 4 is 15.9 Å². The molecule has 5 heteroatoms. The summed E-state index contributed by atoms with van der Waals surface area (Å²) in [6.45, 7) is 1.70. The number of pyridine rings is 1. The van der Waals surface area contributed by atoms with Gasteiger partial charge in [-0.25, -0.2) is 13.8 Å². The van der Waals surface area contributed by atoms with Crippen molar-refractivity contribution in [3.8, 4) is 5.88 Å². The molecule has 72 valence electrons. The van der Waals surface area contributed by atoms with Crippen molar-refractivity contribution in [1.82, 2.24) is 4.98 Å². The van der Waals surface area contributed by atoms with E-state index in [-0.39, 0.29) is 11.4 Å². The Bertz CT molecular complexity index is 317. The van der Waals surface area contributed by atoms with Crippen molar-refractivity contribution in [1.29, 1.82) is 0 Å². The van der Waals surface area contributed by atoms with E-state index in [1.807, 2.05) is 0 Å². The monoisotopic (exact) mass is 251 g/mol. The number of alkyl halides is 2. The minimum Gasteiger partial charge on any atom is -0.481 e. The number of ether oxygens (including phenoxy) is 1. The van der Waals surface area contributed by atoms with Crippen LogP contribution in [0.25, 0.3) is 0 Å². The van der Waals surface area contributed by atoms with Crippen LogP contribution in [-0.4, -0.2) is 12.1 Å². The fourth-order valence-electron chi connectivity index (χ4n) is 0.916. The summed E-state index contributed by atoms with van der Waals surface area (Å²) in [5, 5.41) is 0. The van der Waals surface area contributed by atoms with Crippen LogP contribution in [0.5, 0.6) is 5.88 Å². The van der Waals surface area contributed by atoms with E-state index >= 15 is 0 Å². The number of halogens is 3. The Kier molecular flexibility index (Phi) is 3.19. The highest BCUT2D eigenvalue weighted by Crippen LogP contribution is 2.30. The minimum atomic E-state index is -2.56. The summed E-state index contributed by atoms with van der Waals surface area (Å²) in [5.41, 5.74) is 0.485. The van der Waals surface area contributed by atoms with Gasteiger partial charge < -0.3 is 4.74 Å². The summed E-state index contributed by atoms with van der Waals surface area (Å²) in [4.78, 5) is 3.83. The van der Waals surface area contributed by atoms with Crippen LogP contribution < -0.4 is 4.74 Å². The van der Waals surface area contributed by atoms with E-state index in [0.29, 0.717) is 10.2 Å². The molecule has 0 bridgehead atoms. The van der Waals surface area contributed by atoms with Gasteiger partial charge in [-0.1, -0.05) is 0 Å². The molecule has 13 heavy (non-hydrogen) atoms. The third-order valence-corrected chi connectivity index (χ3v) is 2.38. The molecule has 0 aromatic carbocycles. The van der Waals surface area contributed by atoms with Crippen LogP contribution in [-0.2, 0) is 0 Å². The van der Waals surface area contributed by atoms with E-state index in [2.05, 4.69) is 20.9 Å². The van der Waals surface area contributed by atoms with E-state index in [1.165, 1.54) is 13.2 Å². The third kappa shape index (κ3) is 2.15. The van der Waals surface area contributed by atoms with Crippen LogP contribution in [0.4, 0.5) is 8.78 Å². The number of aromatic nitrogens is 1. The average Bonchev–Trinajstić information content (AvgIpc) is 2.08. The van der Waals surface area contributed by atoms with Crippen molar-refractivity contribution < 1.29 is 13.5 Å². The van der Waals surface area contributed by atoms with Crippen LogP contribution in [0, 0.1) is 6.92 Å². The molecule has 1 rings (SSSR count). The molecule has 1 aromatic heterocycles. The molecule has 0 saturated heterocycles. The van der Waals surface area contributed by atoms with E-state index in [9.17, 15) is 8.78 Å². The Morgan fingerprint density at radius 3 is 2.62 bits per heavy atom. The molecule has 0 aliphatic heterocycles. The van der Waals surface area contributed by atoms with Crippen molar-refractivity contribution in [2.45, 2.75) is 13.3 Å². The molecular weight excluding hydrogens is 244 g/mol. The lowest BCUT2D eigenvalue weighted by atomic mass is 10.2. The summed E-state index contributed by atoms with van der Waals surface area (Å²) in [6, 6.07) is 1.36. The number of aryl methyl sites for hydroxylation is 1. The zero-order chi connectivity index (χ0) is 10.0. The lowest BCUT2D eigenvalue weighted by Gasteiger charge is -2.08. The van der Waals surface area contributed by atoms with Gasteiger partial charge in [0.1, 0.15) is 4.60 Å². The number of rotatable bonds is 2. The Hall–Kier alpha value is -0.710. The topological polar surface area (TPSA) is 22.1 Å². The van der Waals surface area contributed by atoms with E-state index in [0.717, 1.165) is 0 Å². The molecule has 0 amide bonds. The van der Waals surface area contributed by atoms with Crippen LogP contribution in [0.15, 0.2) is 10.7 Å². The minimum absolute atomic E-state index is 0.0347. The second kappa shape index (κ2) is 4.00. The van der Waals surface area contributed by atoms with Gasteiger partial charge in [-0.05, 0) is 34.5 Å². The summed E-state index contributed by atoms with van der Waals surface area (Å²) in [7, 11) is 1.32. The third-order valence-electron chi connectivity index (χ3n) is 1.57. The molecule has 1 aromatic rings. The van der Waals surface area contributed by atoms with Crippen molar-refractivity contribution in [2.75, 3.05) is 7.11 Å². The van der Waals surface area contributed by atoms with Crippen LogP contribution >= 0.6 is 15.9 Å². The van der Waals surface area contributed by atoms with Crippen LogP contribution in [0.1, 0.15) is 17.6 Å². The molecule has 1 heterocycles. The Morgan fingerprint density at radius 2 is 2.15 bits per heavy atom. The lowest BCUT2D eigenvalue weighted by molar-refractivity contribution is 0.146. The van der Waals surface area contributed by atoms with Gasteiger partial charge in [0, 0.05) is 0 Å². The standard InChI is InChI=1S/C8H8BrF2NO/c1-4-3-5(7(10)11)8(13-2)12-6(4)9/h3,7H,1-2H3. The van der Waals surface area contributed by atoms with Crippen molar-refractivity contribution in [2.24, 2.45) is 0 Å². The second-order valence-electron chi connectivity index (χ2n) is 2.50. The maximum absolute atomic E-state index is 12.4. The fraction of sp³-hybridized carbons (Fsp3) is 0.375. The molecule has 0 atom stereocenters. The highest BCUT2D eigenvalue weighted by Gasteiger charge is 2.16. The summed E-state index contributed by atoms with van der Waals surface area (Å²) >= 11 is 3.13. The molecule has 0 spiro atoms. The number of nitrogens with zero attached hydrogens (tertiary/aromatic N) is 1. The van der Waals surface area contributed by atoms with Crippen molar-refractivity contribution in [3.63, 3.8) is 0 Å². The first-order valence-electron chi connectivity index (χ1n) is 3.55. The quantitative estimate of drug-likeness (QED) is 0.754. The molecule has 0 N–H and O–H groups in total. The highest BCUT2D eigenvalue weighted by atomic mass is 79.9. The lowest BCUT2D eigenvalue weighted by Crippen LogP contribution is -1.97. The zero-order valence-corrected chi connectivity index (χ0v) is 8.73. The predicted octanol–water partition coefficient (Wildman–Crippen LogP) is 3.10. The van der Waals surface area contributed by atoms with Gasteiger partial charge in [0.2, 0.25) is 5.88 Å². The molecule has 0 aliphatic carbocycles. The summed E-state index contributed by atoms with van der Waals surface area (Å²) < 4.78 is 30.0. The van der Waals surface area contributed by atoms with Crippen molar-refractivity contribution in [3.05, 3.63) is 21.8 Å². The fourth-order valence-corrected chi connectivity index (χ4v) is 1.19. The molecule has 2 nitrogen and oxygen atoms in total. The van der Waals surface area contributed by atoms with E-state index < -0.39 is 6.43 Å². The summed E-state index contributed by atoms with van der Waals surface area (Å²) in [5.74, 6) is -0.0347. The first-order chi connectivity index (χ1) is 6.06. The highest BCUT2D eigenvalue weighted by molar-refractivity contribution is 9.10. The molecule has 0 radical (unpaired) electrons. The van der Waals surface area contributed by atoms with Crippen LogP contribution in [0.2, 0.25) is 0 Å². The van der Waals surface area contributed by atoms with Gasteiger partial charge in [0.15, 0.2) is 0 Å². The van der Waals surface area contributed by atoms with Gasteiger partial charge in [0.05, 0.1) is 12.7 Å². The Labute approximate surface area is 83.1 Å². The number of methoxy groups -OCH3 is 1. The molecular formula is C8H8BrF2NO. The molecule has 0 unspecified atom stereocenters. The zero-order valence-electron chi connectivity index (χ0n) is 7.14. The van der Waals surface area contributed by atoms with Gasteiger partial charge >= 0.3 is 0 Å². The Balaban J connectivity index is 3.25. The van der Waals surface area contributed by atoms with Crippen LogP contribution in [0.3, 0.4) is 0 Å². The first-order valence-corrected chi connectivity index (χ1v) is 4.34. The SMILES string of the molecule is COc1nc(Br)c(C)cc1C(F)F. The largest absolute Gasteiger partial charge is 0.481 e. The Morgan fingerprint density at radius 1 is 1.54 bits per heavy atom. The maximum atomic E-state index is 12.4. The number of hydrogen-bond acceptors (Lipinski definition) is 2. The van der Waals surface area contributed by atoms with E-state index in [1.54, 1.807) is 6.92 Å².